The topological polar surface area (TPSA) is 71.8 Å². The van der Waals surface area contributed by atoms with E-state index in [2.05, 4.69) is 36.1 Å². The van der Waals surface area contributed by atoms with E-state index in [4.69, 9.17) is 9.47 Å². The molecule has 7 nitrogen and oxygen atoms in total. The fourth-order valence-corrected chi connectivity index (χ4v) is 3.02. The maximum atomic E-state index is 10.2. The second-order valence-corrected chi connectivity index (χ2v) is 6.92. The summed E-state index contributed by atoms with van der Waals surface area (Å²) in [7, 11) is 3.57. The van der Waals surface area contributed by atoms with E-state index in [-0.39, 0.29) is 6.61 Å². The van der Waals surface area contributed by atoms with Crippen LogP contribution < -0.4 is 14.8 Å². The first-order valence-corrected chi connectivity index (χ1v) is 9.86. The molecule has 0 fully saturated rings. The third-order valence-corrected chi connectivity index (χ3v) is 5.00. The molecule has 0 aliphatic rings. The van der Waals surface area contributed by atoms with Gasteiger partial charge in [0.1, 0.15) is 12.7 Å². The van der Waals surface area contributed by atoms with Gasteiger partial charge in [-0.15, -0.1) is 0 Å². The Balaban J connectivity index is 1.92. The second-order valence-electron chi connectivity index (χ2n) is 6.92. The van der Waals surface area contributed by atoms with E-state index in [1.54, 1.807) is 7.11 Å². The summed E-state index contributed by atoms with van der Waals surface area (Å²) >= 11 is 0. The largest absolute Gasteiger partial charge is 0.493 e. The lowest BCUT2D eigenvalue weighted by molar-refractivity contribution is 0.0705. The number of hydrogen-bond acceptors (Lipinski definition) is 6. The van der Waals surface area contributed by atoms with Crippen molar-refractivity contribution in [2.24, 2.45) is 7.05 Å². The molecule has 7 heteroatoms. The van der Waals surface area contributed by atoms with Crippen molar-refractivity contribution in [1.82, 2.24) is 20.0 Å². The Morgan fingerprint density at radius 3 is 2.57 bits per heavy atom. The van der Waals surface area contributed by atoms with Crippen LogP contribution >= 0.6 is 0 Å². The third kappa shape index (κ3) is 6.22. The normalized spacial score (nSPS) is 12.4. The number of rotatable bonds is 12. The second kappa shape index (κ2) is 11.0. The molecule has 2 rings (SSSR count). The van der Waals surface area contributed by atoms with Gasteiger partial charge in [0, 0.05) is 37.9 Å². The molecule has 0 radical (unpaired) electrons. The Hall–Kier alpha value is -2.09. The number of aryl methyl sites for hydroxylation is 1. The minimum atomic E-state index is -0.542. The lowest BCUT2D eigenvalue weighted by atomic mass is 10.2. The van der Waals surface area contributed by atoms with Crippen LogP contribution in [-0.2, 0) is 20.1 Å². The van der Waals surface area contributed by atoms with Gasteiger partial charge in [-0.2, -0.15) is 5.10 Å². The highest BCUT2D eigenvalue weighted by Crippen LogP contribution is 2.28. The smallest absolute Gasteiger partial charge is 0.161 e. The summed E-state index contributed by atoms with van der Waals surface area (Å²) in [5, 5.41) is 17.9. The van der Waals surface area contributed by atoms with Crippen molar-refractivity contribution in [3.8, 4) is 11.5 Å². The third-order valence-electron chi connectivity index (χ3n) is 5.00. The maximum absolute atomic E-state index is 10.2. The molecule has 0 aliphatic carbocycles. The number of hydrogen-bond donors (Lipinski definition) is 2. The van der Waals surface area contributed by atoms with Gasteiger partial charge in [0.15, 0.2) is 11.5 Å². The molecule has 2 N–H and O–H groups in total. The van der Waals surface area contributed by atoms with Crippen LogP contribution in [0.2, 0.25) is 0 Å². The summed E-state index contributed by atoms with van der Waals surface area (Å²) in [4.78, 5) is 2.17. The van der Waals surface area contributed by atoms with Crippen LogP contribution in [0.3, 0.4) is 0 Å². The molecule has 28 heavy (non-hydrogen) atoms. The molecule has 0 saturated heterocycles. The van der Waals surface area contributed by atoms with Gasteiger partial charge in [-0.1, -0.05) is 19.9 Å². The van der Waals surface area contributed by atoms with E-state index in [1.807, 2.05) is 36.1 Å². The standard InChI is InChI=1S/C21H34N4O3/c1-6-25(7-2)14-19(26)15-28-21-10-17(8-9-20(21)27-5)11-22-12-18-13-23-24(4)16(18)3/h8-10,13,19,22,26H,6-7,11-12,14-15H2,1-5H3. The number of aliphatic hydroxyl groups is 1. The summed E-state index contributed by atoms with van der Waals surface area (Å²) < 4.78 is 13.1. The number of benzene rings is 1. The Morgan fingerprint density at radius 2 is 1.96 bits per heavy atom. The van der Waals surface area contributed by atoms with Crippen molar-refractivity contribution in [1.29, 1.82) is 0 Å². The van der Waals surface area contributed by atoms with Gasteiger partial charge in [-0.3, -0.25) is 4.68 Å². The molecule has 0 amide bonds. The summed E-state index contributed by atoms with van der Waals surface area (Å²) in [6.07, 6.45) is 1.35. The van der Waals surface area contributed by atoms with Gasteiger partial charge in [-0.25, -0.2) is 0 Å². The van der Waals surface area contributed by atoms with E-state index < -0.39 is 6.10 Å². The molecule has 0 saturated carbocycles. The van der Waals surface area contributed by atoms with Gasteiger partial charge in [-0.05, 0) is 37.7 Å². The number of nitrogens with one attached hydrogen (secondary N) is 1. The lowest BCUT2D eigenvalue weighted by Gasteiger charge is -2.22. The Morgan fingerprint density at radius 1 is 1.21 bits per heavy atom. The first-order valence-electron chi connectivity index (χ1n) is 9.86. The average molecular weight is 391 g/mol. The molecule has 0 aliphatic heterocycles. The molecule has 1 aromatic carbocycles. The molecular weight excluding hydrogens is 356 g/mol. The first kappa shape index (κ1) is 22.2. The molecule has 1 unspecified atom stereocenters. The number of nitrogens with zero attached hydrogens (tertiary/aromatic N) is 3. The maximum Gasteiger partial charge on any atom is 0.161 e. The van der Waals surface area contributed by atoms with E-state index in [9.17, 15) is 5.11 Å². The highest BCUT2D eigenvalue weighted by atomic mass is 16.5. The SMILES string of the molecule is CCN(CC)CC(O)COc1cc(CNCc2cnn(C)c2C)ccc1OC. The molecule has 2 aromatic rings. The van der Waals surface area contributed by atoms with Crippen molar-refractivity contribution in [2.75, 3.05) is 33.4 Å². The number of likely N-dealkylation sites (N-methyl/N-ethyl adjacent to an activating group) is 1. The predicted molar refractivity (Wildman–Crippen MR) is 111 cm³/mol. The fourth-order valence-electron chi connectivity index (χ4n) is 3.02. The molecule has 0 bridgehead atoms. The summed E-state index contributed by atoms with van der Waals surface area (Å²) in [5.74, 6) is 1.32. The average Bonchev–Trinajstić information content (AvgIpc) is 3.02. The highest BCUT2D eigenvalue weighted by molar-refractivity contribution is 5.43. The van der Waals surface area contributed by atoms with Crippen LogP contribution in [0.1, 0.15) is 30.7 Å². The Kier molecular flexibility index (Phi) is 8.76. The zero-order valence-electron chi connectivity index (χ0n) is 17.7. The van der Waals surface area contributed by atoms with Crippen molar-refractivity contribution < 1.29 is 14.6 Å². The number of ether oxygens (including phenoxy) is 2. The Bertz CT molecular complexity index is 728. The van der Waals surface area contributed by atoms with Gasteiger partial charge in [0.25, 0.3) is 0 Å². The molecule has 1 heterocycles. The number of methoxy groups -OCH3 is 1. The van der Waals surface area contributed by atoms with Crippen molar-refractivity contribution >= 4 is 0 Å². The lowest BCUT2D eigenvalue weighted by Crippen LogP contribution is -2.35. The monoisotopic (exact) mass is 390 g/mol. The van der Waals surface area contributed by atoms with Crippen LogP contribution in [0, 0.1) is 6.92 Å². The zero-order valence-corrected chi connectivity index (χ0v) is 17.7. The fraction of sp³-hybridized carbons (Fsp3) is 0.571. The Labute approximate surface area is 168 Å². The van der Waals surface area contributed by atoms with Gasteiger partial charge < -0.3 is 24.8 Å². The van der Waals surface area contributed by atoms with Crippen molar-refractivity contribution in [3.05, 3.63) is 41.2 Å². The van der Waals surface area contributed by atoms with Crippen LogP contribution in [0.5, 0.6) is 11.5 Å². The predicted octanol–water partition coefficient (Wildman–Crippen LogP) is 2.11. The van der Waals surface area contributed by atoms with E-state index >= 15 is 0 Å². The highest BCUT2D eigenvalue weighted by Gasteiger charge is 2.12. The van der Waals surface area contributed by atoms with Gasteiger partial charge in [0.05, 0.1) is 13.3 Å². The zero-order chi connectivity index (χ0) is 20.5. The minimum Gasteiger partial charge on any atom is -0.493 e. The van der Waals surface area contributed by atoms with Crippen LogP contribution in [-0.4, -0.2) is 59.2 Å². The summed E-state index contributed by atoms with van der Waals surface area (Å²) in [6, 6.07) is 5.88. The molecule has 0 spiro atoms. The van der Waals surface area contributed by atoms with E-state index in [0.29, 0.717) is 24.6 Å². The van der Waals surface area contributed by atoms with Crippen LogP contribution in [0.4, 0.5) is 0 Å². The summed E-state index contributed by atoms with van der Waals surface area (Å²) in [6.45, 7) is 10.4. The molecular formula is C21H34N4O3. The van der Waals surface area contributed by atoms with Crippen LogP contribution in [0.15, 0.2) is 24.4 Å². The van der Waals surface area contributed by atoms with E-state index in [1.165, 1.54) is 5.56 Å². The molecule has 1 aromatic heterocycles. The first-order chi connectivity index (χ1) is 13.5. The van der Waals surface area contributed by atoms with E-state index in [0.717, 1.165) is 30.9 Å². The van der Waals surface area contributed by atoms with Gasteiger partial charge >= 0.3 is 0 Å². The minimum absolute atomic E-state index is 0.235. The van der Waals surface area contributed by atoms with Crippen molar-refractivity contribution in [2.45, 2.75) is 40.0 Å². The number of aliphatic hydroxyl groups excluding tert-OH is 1. The van der Waals surface area contributed by atoms with Gasteiger partial charge in [0.2, 0.25) is 0 Å². The molecule has 1 atom stereocenters. The molecule has 156 valence electrons. The van der Waals surface area contributed by atoms with Crippen LogP contribution in [0.25, 0.3) is 0 Å². The summed E-state index contributed by atoms with van der Waals surface area (Å²) in [5.41, 5.74) is 3.44. The van der Waals surface area contributed by atoms with Crippen molar-refractivity contribution in [3.63, 3.8) is 0 Å². The quantitative estimate of drug-likeness (QED) is 0.578. The number of aromatic nitrogens is 2.